The minimum atomic E-state index is -0.786. The maximum atomic E-state index is 12.3. The Morgan fingerprint density at radius 1 is 1.43 bits per heavy atom. The average molecular weight is 318 g/mol. The molecule has 2 rings (SSSR count). The summed E-state index contributed by atoms with van der Waals surface area (Å²) in [7, 11) is 0. The average Bonchev–Trinajstić information content (AvgIpc) is 2.77. The van der Waals surface area contributed by atoms with Crippen LogP contribution in [0, 0.1) is 10.1 Å². The van der Waals surface area contributed by atoms with E-state index in [0.29, 0.717) is 18.5 Å². The van der Waals surface area contributed by atoms with Crippen LogP contribution in [0.1, 0.15) is 38.3 Å². The Morgan fingerprint density at radius 3 is 2.70 bits per heavy atom. The number of carbonyl (C=O) groups is 2. The van der Waals surface area contributed by atoms with Crippen molar-refractivity contribution in [2.75, 3.05) is 6.54 Å². The van der Waals surface area contributed by atoms with Gasteiger partial charge in [-0.1, -0.05) is 25.5 Å². The quantitative estimate of drug-likeness (QED) is 0.642. The number of hydrogen-bond donors (Lipinski definition) is 1. The lowest BCUT2D eigenvalue weighted by Crippen LogP contribution is -2.31. The zero-order valence-corrected chi connectivity index (χ0v) is 13.0. The van der Waals surface area contributed by atoms with Gasteiger partial charge in [0.15, 0.2) is 11.5 Å². The second kappa shape index (κ2) is 6.60. The van der Waals surface area contributed by atoms with E-state index in [1.54, 1.807) is 6.07 Å². The van der Waals surface area contributed by atoms with Crippen LogP contribution in [0.5, 0.6) is 0 Å². The van der Waals surface area contributed by atoms with Crippen LogP contribution in [-0.2, 0) is 9.59 Å². The third-order valence-electron chi connectivity index (χ3n) is 3.83. The standard InChI is InChI=1S/C16H18N2O5/c1-3-4-8-17-14(13(10(2)19)15(20)16(17)21)11-6-5-7-12(9-11)18(22)23/h5-7,9,14,20H,3-4,8H2,1-2H3/t14-/m1/s1. The Hall–Kier alpha value is -2.70. The highest BCUT2D eigenvalue weighted by atomic mass is 16.6. The van der Waals surface area contributed by atoms with E-state index in [1.807, 2.05) is 6.92 Å². The summed E-state index contributed by atoms with van der Waals surface area (Å²) in [5.74, 6) is -1.60. The lowest BCUT2D eigenvalue weighted by molar-refractivity contribution is -0.384. The fraction of sp³-hybridized carbons (Fsp3) is 0.375. The summed E-state index contributed by atoms with van der Waals surface area (Å²) >= 11 is 0. The maximum absolute atomic E-state index is 12.3. The first kappa shape index (κ1) is 16.7. The monoisotopic (exact) mass is 318 g/mol. The summed E-state index contributed by atoms with van der Waals surface area (Å²) in [6.45, 7) is 3.60. The molecule has 0 fully saturated rings. The SMILES string of the molecule is CCCCN1C(=O)C(O)=C(C(C)=O)[C@H]1c1cccc([N+](=O)[O-])c1. The van der Waals surface area contributed by atoms with Crippen LogP contribution in [-0.4, -0.2) is 33.2 Å². The van der Waals surface area contributed by atoms with Gasteiger partial charge in [-0.15, -0.1) is 0 Å². The smallest absolute Gasteiger partial charge is 0.290 e. The molecule has 1 aromatic carbocycles. The van der Waals surface area contributed by atoms with Crippen LogP contribution in [0.2, 0.25) is 0 Å². The second-order valence-corrected chi connectivity index (χ2v) is 5.43. The molecule has 0 saturated carbocycles. The van der Waals surface area contributed by atoms with Crippen LogP contribution in [0.15, 0.2) is 35.6 Å². The number of rotatable bonds is 6. The Labute approximate surface area is 133 Å². The van der Waals surface area contributed by atoms with Crippen molar-refractivity contribution in [3.05, 3.63) is 51.3 Å². The van der Waals surface area contributed by atoms with E-state index in [4.69, 9.17) is 0 Å². The molecule has 1 N–H and O–H groups in total. The van der Waals surface area contributed by atoms with Crippen molar-refractivity contribution in [3.8, 4) is 0 Å². The molecule has 0 saturated heterocycles. The number of non-ortho nitro benzene ring substituents is 1. The molecule has 1 amide bonds. The highest BCUT2D eigenvalue weighted by molar-refractivity contribution is 6.08. The van der Waals surface area contributed by atoms with Crippen molar-refractivity contribution in [2.45, 2.75) is 32.7 Å². The first-order valence-electron chi connectivity index (χ1n) is 7.37. The van der Waals surface area contributed by atoms with E-state index in [9.17, 15) is 24.8 Å². The number of hydrogen-bond acceptors (Lipinski definition) is 5. The number of nitrogens with zero attached hydrogens (tertiary/aromatic N) is 2. The van der Waals surface area contributed by atoms with Gasteiger partial charge in [-0.05, 0) is 18.9 Å². The number of benzene rings is 1. The van der Waals surface area contributed by atoms with E-state index in [2.05, 4.69) is 0 Å². The molecule has 0 unspecified atom stereocenters. The van der Waals surface area contributed by atoms with Crippen LogP contribution >= 0.6 is 0 Å². The van der Waals surface area contributed by atoms with Crippen molar-refractivity contribution in [1.82, 2.24) is 4.90 Å². The van der Waals surface area contributed by atoms with Gasteiger partial charge in [-0.2, -0.15) is 0 Å². The maximum Gasteiger partial charge on any atom is 0.290 e. The van der Waals surface area contributed by atoms with Gasteiger partial charge < -0.3 is 10.0 Å². The molecule has 23 heavy (non-hydrogen) atoms. The Morgan fingerprint density at radius 2 is 2.13 bits per heavy atom. The van der Waals surface area contributed by atoms with Gasteiger partial charge in [0.05, 0.1) is 16.5 Å². The number of nitro benzene ring substituents is 1. The zero-order valence-electron chi connectivity index (χ0n) is 13.0. The Balaban J connectivity index is 2.52. The van der Waals surface area contributed by atoms with Gasteiger partial charge in [0.2, 0.25) is 0 Å². The van der Waals surface area contributed by atoms with Crippen LogP contribution in [0.4, 0.5) is 5.69 Å². The topological polar surface area (TPSA) is 101 Å². The molecule has 1 aliphatic rings. The van der Waals surface area contributed by atoms with E-state index >= 15 is 0 Å². The van der Waals surface area contributed by atoms with Crippen molar-refractivity contribution in [3.63, 3.8) is 0 Å². The number of Topliss-reactive ketones (excluding diaryl/α,β-unsaturated/α-hetero) is 1. The van der Waals surface area contributed by atoms with Crippen LogP contribution in [0.25, 0.3) is 0 Å². The molecular weight excluding hydrogens is 300 g/mol. The molecule has 7 nitrogen and oxygen atoms in total. The number of aliphatic hydroxyl groups excluding tert-OH is 1. The van der Waals surface area contributed by atoms with E-state index < -0.39 is 28.4 Å². The molecule has 0 aliphatic carbocycles. The van der Waals surface area contributed by atoms with Crippen molar-refractivity contribution in [2.24, 2.45) is 0 Å². The number of aliphatic hydroxyl groups is 1. The summed E-state index contributed by atoms with van der Waals surface area (Å²) in [6, 6.07) is 5.01. The molecule has 1 heterocycles. The number of amides is 1. The number of ketones is 1. The first-order valence-corrected chi connectivity index (χ1v) is 7.37. The number of unbranched alkanes of at least 4 members (excludes halogenated alkanes) is 1. The molecule has 122 valence electrons. The Bertz CT molecular complexity index is 695. The molecule has 0 spiro atoms. The fourth-order valence-electron chi connectivity index (χ4n) is 2.73. The molecule has 1 aliphatic heterocycles. The molecule has 0 radical (unpaired) electrons. The second-order valence-electron chi connectivity index (χ2n) is 5.43. The van der Waals surface area contributed by atoms with E-state index in [1.165, 1.54) is 30.0 Å². The summed E-state index contributed by atoms with van der Waals surface area (Å²) < 4.78 is 0. The predicted octanol–water partition coefficient (Wildman–Crippen LogP) is 2.68. The van der Waals surface area contributed by atoms with Gasteiger partial charge in [0.25, 0.3) is 11.6 Å². The van der Waals surface area contributed by atoms with Crippen molar-refractivity contribution < 1.29 is 19.6 Å². The first-order chi connectivity index (χ1) is 10.9. The molecule has 1 atom stereocenters. The van der Waals surface area contributed by atoms with E-state index in [0.717, 1.165) is 6.42 Å². The molecule has 0 bridgehead atoms. The minimum absolute atomic E-state index is 0.00778. The van der Waals surface area contributed by atoms with Gasteiger partial charge in [-0.3, -0.25) is 19.7 Å². The molecular formula is C16H18N2O5. The molecule has 7 heteroatoms. The van der Waals surface area contributed by atoms with Crippen molar-refractivity contribution in [1.29, 1.82) is 0 Å². The summed E-state index contributed by atoms with van der Waals surface area (Å²) in [5.41, 5.74) is 0.309. The molecule has 0 aromatic heterocycles. The summed E-state index contributed by atoms with van der Waals surface area (Å²) in [4.78, 5) is 36.0. The van der Waals surface area contributed by atoms with E-state index in [-0.39, 0.29) is 11.3 Å². The van der Waals surface area contributed by atoms with Gasteiger partial charge in [0.1, 0.15) is 0 Å². The van der Waals surface area contributed by atoms with Gasteiger partial charge >= 0.3 is 0 Å². The zero-order chi connectivity index (χ0) is 17.1. The summed E-state index contributed by atoms with van der Waals surface area (Å²) in [5, 5.41) is 21.0. The largest absolute Gasteiger partial charge is 0.503 e. The highest BCUT2D eigenvalue weighted by Crippen LogP contribution is 2.38. The molecule has 1 aromatic rings. The number of carbonyl (C=O) groups excluding carboxylic acids is 2. The van der Waals surface area contributed by atoms with Gasteiger partial charge in [0, 0.05) is 18.7 Å². The lowest BCUT2D eigenvalue weighted by Gasteiger charge is -2.26. The highest BCUT2D eigenvalue weighted by Gasteiger charge is 2.42. The van der Waals surface area contributed by atoms with Crippen LogP contribution in [0.3, 0.4) is 0 Å². The normalized spacial score (nSPS) is 17.7. The van der Waals surface area contributed by atoms with Crippen molar-refractivity contribution >= 4 is 17.4 Å². The third kappa shape index (κ3) is 3.08. The lowest BCUT2D eigenvalue weighted by atomic mass is 9.96. The van der Waals surface area contributed by atoms with Gasteiger partial charge in [-0.25, -0.2) is 0 Å². The fourth-order valence-corrected chi connectivity index (χ4v) is 2.73. The predicted molar refractivity (Wildman–Crippen MR) is 82.8 cm³/mol. The minimum Gasteiger partial charge on any atom is -0.503 e. The van der Waals surface area contributed by atoms with Crippen LogP contribution < -0.4 is 0 Å². The summed E-state index contributed by atoms with van der Waals surface area (Å²) in [6.07, 6.45) is 1.54. The Kier molecular flexibility index (Phi) is 4.78. The third-order valence-corrected chi connectivity index (χ3v) is 3.83. The number of nitro groups is 1.